The first-order valence-electron chi connectivity index (χ1n) is 5.92. The molecule has 2 aromatic heterocycles. The molecule has 0 aliphatic heterocycles. The van der Waals surface area contributed by atoms with Gasteiger partial charge in [0.1, 0.15) is 0 Å². The Hall–Kier alpha value is -1.68. The fourth-order valence-corrected chi connectivity index (χ4v) is 2.26. The number of carbonyl (C=O) groups is 1. The van der Waals surface area contributed by atoms with E-state index >= 15 is 0 Å². The number of rotatable bonds is 4. The molecule has 0 unspecified atom stereocenters. The Labute approximate surface area is 111 Å². The van der Waals surface area contributed by atoms with Crippen LogP contribution >= 0.6 is 11.3 Å². The minimum Gasteiger partial charge on any atom is -0.352 e. The van der Waals surface area contributed by atoms with Crippen molar-refractivity contribution in [2.24, 2.45) is 5.92 Å². The highest BCUT2D eigenvalue weighted by molar-refractivity contribution is 7.13. The first-order chi connectivity index (χ1) is 8.66. The largest absolute Gasteiger partial charge is 0.352 e. The number of amides is 1. The number of thiophene rings is 1. The second-order valence-electron chi connectivity index (χ2n) is 4.43. The molecule has 94 valence electrons. The molecule has 0 aliphatic rings. The van der Waals surface area contributed by atoms with Crippen molar-refractivity contribution in [1.29, 1.82) is 0 Å². The van der Waals surface area contributed by atoms with Crippen LogP contribution in [0.1, 0.15) is 19.4 Å². The van der Waals surface area contributed by atoms with Crippen molar-refractivity contribution < 1.29 is 4.79 Å². The van der Waals surface area contributed by atoms with E-state index < -0.39 is 0 Å². The van der Waals surface area contributed by atoms with Crippen LogP contribution in [-0.2, 0) is 11.3 Å². The lowest BCUT2D eigenvalue weighted by Gasteiger charge is -2.08. The van der Waals surface area contributed by atoms with Crippen molar-refractivity contribution in [3.05, 3.63) is 41.5 Å². The van der Waals surface area contributed by atoms with E-state index in [-0.39, 0.29) is 11.8 Å². The summed E-state index contributed by atoms with van der Waals surface area (Å²) in [5, 5.41) is 4.94. The quantitative estimate of drug-likeness (QED) is 0.918. The Morgan fingerprint density at radius 3 is 2.94 bits per heavy atom. The normalized spacial score (nSPS) is 10.6. The van der Waals surface area contributed by atoms with Gasteiger partial charge in [0.2, 0.25) is 5.91 Å². The molecule has 0 saturated heterocycles. The van der Waals surface area contributed by atoms with Crippen LogP contribution in [0.2, 0.25) is 0 Å². The molecule has 1 N–H and O–H groups in total. The SMILES string of the molecule is CC(C)C(=O)NCc1cncc(-c2cccs2)c1. The molecule has 2 heterocycles. The lowest BCUT2D eigenvalue weighted by molar-refractivity contribution is -0.124. The fraction of sp³-hybridized carbons (Fsp3) is 0.286. The molecule has 4 heteroatoms. The van der Waals surface area contributed by atoms with Gasteiger partial charge < -0.3 is 5.32 Å². The summed E-state index contributed by atoms with van der Waals surface area (Å²) in [5.41, 5.74) is 2.12. The Morgan fingerprint density at radius 2 is 2.28 bits per heavy atom. The predicted octanol–water partition coefficient (Wildman–Crippen LogP) is 3.08. The van der Waals surface area contributed by atoms with Crippen molar-refractivity contribution >= 4 is 17.2 Å². The molecule has 3 nitrogen and oxygen atoms in total. The Bertz CT molecular complexity index is 520. The van der Waals surface area contributed by atoms with Gasteiger partial charge in [0.25, 0.3) is 0 Å². The summed E-state index contributed by atoms with van der Waals surface area (Å²) in [7, 11) is 0. The molecule has 0 fully saturated rings. The highest BCUT2D eigenvalue weighted by Crippen LogP contribution is 2.24. The van der Waals surface area contributed by atoms with Crippen LogP contribution in [0.3, 0.4) is 0 Å². The summed E-state index contributed by atoms with van der Waals surface area (Å²) >= 11 is 1.69. The molecule has 18 heavy (non-hydrogen) atoms. The zero-order valence-electron chi connectivity index (χ0n) is 10.5. The van der Waals surface area contributed by atoms with Gasteiger partial charge in [-0.05, 0) is 23.1 Å². The van der Waals surface area contributed by atoms with E-state index in [0.29, 0.717) is 6.54 Å². The average molecular weight is 260 g/mol. The van der Waals surface area contributed by atoms with Crippen LogP contribution in [0, 0.1) is 5.92 Å². The zero-order chi connectivity index (χ0) is 13.0. The Morgan fingerprint density at radius 1 is 1.44 bits per heavy atom. The maximum Gasteiger partial charge on any atom is 0.222 e. The molecular weight excluding hydrogens is 244 g/mol. The van der Waals surface area contributed by atoms with E-state index in [9.17, 15) is 4.79 Å². The Balaban J connectivity index is 2.06. The molecule has 0 saturated carbocycles. The van der Waals surface area contributed by atoms with Gasteiger partial charge in [-0.1, -0.05) is 19.9 Å². The molecule has 0 radical (unpaired) electrons. The number of hydrogen-bond donors (Lipinski definition) is 1. The van der Waals surface area contributed by atoms with Crippen LogP contribution in [0.5, 0.6) is 0 Å². The highest BCUT2D eigenvalue weighted by Gasteiger charge is 2.06. The van der Waals surface area contributed by atoms with Gasteiger partial charge in [-0.25, -0.2) is 0 Å². The van der Waals surface area contributed by atoms with Crippen LogP contribution < -0.4 is 5.32 Å². The topological polar surface area (TPSA) is 42.0 Å². The molecule has 0 atom stereocenters. The summed E-state index contributed by atoms with van der Waals surface area (Å²) in [5.74, 6) is 0.0787. The maximum absolute atomic E-state index is 11.5. The first kappa shape index (κ1) is 12.8. The van der Waals surface area contributed by atoms with E-state index in [1.165, 1.54) is 4.88 Å². The number of nitrogens with zero attached hydrogens (tertiary/aromatic N) is 1. The Kier molecular flexibility index (Phi) is 4.10. The standard InChI is InChI=1S/C14H16N2OS/c1-10(2)14(17)16-8-11-6-12(9-15-7-11)13-4-3-5-18-13/h3-7,9-10H,8H2,1-2H3,(H,16,17). The summed E-state index contributed by atoms with van der Waals surface area (Å²) in [6.07, 6.45) is 3.64. The summed E-state index contributed by atoms with van der Waals surface area (Å²) in [6, 6.07) is 6.16. The van der Waals surface area contributed by atoms with Crippen molar-refractivity contribution in [3.8, 4) is 10.4 Å². The van der Waals surface area contributed by atoms with E-state index in [1.54, 1.807) is 17.5 Å². The number of aromatic nitrogens is 1. The van der Waals surface area contributed by atoms with Gasteiger partial charge in [-0.3, -0.25) is 9.78 Å². The molecule has 1 amide bonds. The average Bonchev–Trinajstić information content (AvgIpc) is 2.90. The molecule has 0 aliphatic carbocycles. The minimum atomic E-state index is 0.0124. The molecule has 0 aromatic carbocycles. The minimum absolute atomic E-state index is 0.0124. The monoisotopic (exact) mass is 260 g/mol. The van der Waals surface area contributed by atoms with Gasteiger partial charge >= 0.3 is 0 Å². The van der Waals surface area contributed by atoms with E-state index in [0.717, 1.165) is 11.1 Å². The zero-order valence-corrected chi connectivity index (χ0v) is 11.3. The molecular formula is C14H16N2OS. The predicted molar refractivity (Wildman–Crippen MR) is 74.2 cm³/mol. The van der Waals surface area contributed by atoms with Crippen molar-refractivity contribution in [2.45, 2.75) is 20.4 Å². The van der Waals surface area contributed by atoms with Crippen LogP contribution in [-0.4, -0.2) is 10.9 Å². The third kappa shape index (κ3) is 3.17. The first-order valence-corrected chi connectivity index (χ1v) is 6.80. The van der Waals surface area contributed by atoms with Crippen molar-refractivity contribution in [3.63, 3.8) is 0 Å². The van der Waals surface area contributed by atoms with Gasteiger partial charge in [0, 0.05) is 35.3 Å². The number of pyridine rings is 1. The maximum atomic E-state index is 11.5. The third-order valence-electron chi connectivity index (χ3n) is 2.59. The van der Waals surface area contributed by atoms with Gasteiger partial charge in [-0.15, -0.1) is 11.3 Å². The third-order valence-corrected chi connectivity index (χ3v) is 3.51. The molecule has 0 spiro atoms. The molecule has 2 rings (SSSR count). The molecule has 2 aromatic rings. The van der Waals surface area contributed by atoms with E-state index in [4.69, 9.17) is 0 Å². The van der Waals surface area contributed by atoms with E-state index in [1.807, 2.05) is 31.5 Å². The van der Waals surface area contributed by atoms with Gasteiger partial charge in [0.15, 0.2) is 0 Å². The van der Waals surface area contributed by atoms with Gasteiger partial charge in [-0.2, -0.15) is 0 Å². The number of hydrogen-bond acceptors (Lipinski definition) is 3. The van der Waals surface area contributed by atoms with Crippen molar-refractivity contribution in [1.82, 2.24) is 10.3 Å². The van der Waals surface area contributed by atoms with Crippen molar-refractivity contribution in [2.75, 3.05) is 0 Å². The summed E-state index contributed by atoms with van der Waals surface area (Å²) in [6.45, 7) is 4.30. The fourth-order valence-electron chi connectivity index (χ4n) is 1.56. The summed E-state index contributed by atoms with van der Waals surface area (Å²) in [4.78, 5) is 16.9. The smallest absolute Gasteiger partial charge is 0.222 e. The number of nitrogens with one attached hydrogen (secondary N) is 1. The summed E-state index contributed by atoms with van der Waals surface area (Å²) < 4.78 is 0. The lowest BCUT2D eigenvalue weighted by atomic mass is 10.1. The van der Waals surface area contributed by atoms with E-state index in [2.05, 4.69) is 22.4 Å². The lowest BCUT2D eigenvalue weighted by Crippen LogP contribution is -2.27. The second kappa shape index (κ2) is 5.78. The van der Waals surface area contributed by atoms with Crippen LogP contribution in [0.4, 0.5) is 0 Å². The molecule has 0 bridgehead atoms. The van der Waals surface area contributed by atoms with Crippen LogP contribution in [0.15, 0.2) is 36.0 Å². The second-order valence-corrected chi connectivity index (χ2v) is 5.38. The van der Waals surface area contributed by atoms with Crippen LogP contribution in [0.25, 0.3) is 10.4 Å². The number of carbonyl (C=O) groups excluding carboxylic acids is 1. The van der Waals surface area contributed by atoms with Gasteiger partial charge in [0.05, 0.1) is 0 Å². The highest BCUT2D eigenvalue weighted by atomic mass is 32.1.